The second-order valence-corrected chi connectivity index (χ2v) is 5.83. The fourth-order valence-electron chi connectivity index (χ4n) is 3.42. The van der Waals surface area contributed by atoms with E-state index in [1.165, 1.54) is 6.42 Å². The van der Waals surface area contributed by atoms with Gasteiger partial charge in [-0.1, -0.05) is 20.8 Å². The van der Waals surface area contributed by atoms with Crippen molar-refractivity contribution in [1.82, 2.24) is 9.78 Å². The van der Waals surface area contributed by atoms with Crippen LogP contribution in [0.5, 0.6) is 0 Å². The fourth-order valence-corrected chi connectivity index (χ4v) is 3.42. The van der Waals surface area contributed by atoms with E-state index in [1.807, 2.05) is 16.9 Å². The smallest absolute Gasteiger partial charge is 0.107 e. The fraction of sp³-hybridized carbons (Fsp3) is 0.786. The third-order valence-corrected chi connectivity index (χ3v) is 3.81. The molecule has 2 atom stereocenters. The first-order valence-corrected chi connectivity index (χ1v) is 6.80. The zero-order valence-corrected chi connectivity index (χ0v) is 11.2. The van der Waals surface area contributed by atoms with Crippen LogP contribution < -0.4 is 0 Å². The molecule has 0 saturated heterocycles. The maximum atomic E-state index is 10.9. The van der Waals surface area contributed by atoms with Gasteiger partial charge in [-0.2, -0.15) is 5.10 Å². The standard InChI is InChI=1S/C14H24N2O/c1-4-7-16-13(5-6-15-16)14(17)9-11(2)8-12(3)10-14/h5-6,11-12,17H,4,7-10H2,1-3H3. The molecule has 2 unspecified atom stereocenters. The van der Waals surface area contributed by atoms with Gasteiger partial charge in [-0.25, -0.2) is 0 Å². The second-order valence-electron chi connectivity index (χ2n) is 5.83. The first kappa shape index (κ1) is 12.6. The predicted octanol–water partition coefficient (Wildman–Crippen LogP) is 2.94. The van der Waals surface area contributed by atoms with Crippen LogP contribution in [0.25, 0.3) is 0 Å². The molecular formula is C14H24N2O. The lowest BCUT2D eigenvalue weighted by atomic mass is 9.72. The number of aryl methyl sites for hydroxylation is 1. The van der Waals surface area contributed by atoms with Gasteiger partial charge < -0.3 is 5.11 Å². The molecule has 96 valence electrons. The Balaban J connectivity index is 2.26. The van der Waals surface area contributed by atoms with Crippen molar-refractivity contribution in [2.45, 2.75) is 58.6 Å². The number of nitrogens with zero attached hydrogens (tertiary/aromatic N) is 2. The van der Waals surface area contributed by atoms with E-state index in [2.05, 4.69) is 25.9 Å². The van der Waals surface area contributed by atoms with Gasteiger partial charge in [-0.3, -0.25) is 4.68 Å². The van der Waals surface area contributed by atoms with Gasteiger partial charge in [-0.15, -0.1) is 0 Å². The highest BCUT2D eigenvalue weighted by Crippen LogP contribution is 2.42. The van der Waals surface area contributed by atoms with E-state index in [4.69, 9.17) is 0 Å². The molecule has 1 N–H and O–H groups in total. The summed E-state index contributed by atoms with van der Waals surface area (Å²) in [5.74, 6) is 1.18. The first-order valence-electron chi connectivity index (χ1n) is 6.80. The predicted molar refractivity (Wildman–Crippen MR) is 68.6 cm³/mol. The Morgan fingerprint density at radius 3 is 2.65 bits per heavy atom. The third-order valence-electron chi connectivity index (χ3n) is 3.81. The van der Waals surface area contributed by atoms with Crippen LogP contribution in [0.2, 0.25) is 0 Å². The van der Waals surface area contributed by atoms with Crippen LogP contribution in [0.1, 0.15) is 52.1 Å². The van der Waals surface area contributed by atoms with Crippen molar-refractivity contribution < 1.29 is 5.11 Å². The molecule has 1 aromatic rings. The molecule has 0 aliphatic heterocycles. The van der Waals surface area contributed by atoms with E-state index in [1.54, 1.807) is 0 Å². The largest absolute Gasteiger partial charge is 0.384 e. The lowest BCUT2D eigenvalue weighted by molar-refractivity contribution is -0.0432. The van der Waals surface area contributed by atoms with Gasteiger partial charge in [0.2, 0.25) is 0 Å². The van der Waals surface area contributed by atoms with Crippen LogP contribution in [-0.4, -0.2) is 14.9 Å². The maximum Gasteiger partial charge on any atom is 0.107 e. The first-order chi connectivity index (χ1) is 8.05. The normalized spacial score (nSPS) is 33.9. The highest BCUT2D eigenvalue weighted by Gasteiger charge is 2.39. The highest BCUT2D eigenvalue weighted by molar-refractivity contribution is 5.13. The Morgan fingerprint density at radius 1 is 1.41 bits per heavy atom. The maximum absolute atomic E-state index is 10.9. The lowest BCUT2D eigenvalue weighted by Crippen LogP contribution is -2.37. The summed E-state index contributed by atoms with van der Waals surface area (Å²) in [6, 6.07) is 1.99. The van der Waals surface area contributed by atoms with E-state index in [0.717, 1.165) is 31.5 Å². The van der Waals surface area contributed by atoms with Gasteiger partial charge in [0.1, 0.15) is 5.60 Å². The molecule has 1 fully saturated rings. The van der Waals surface area contributed by atoms with Crippen molar-refractivity contribution in [2.24, 2.45) is 11.8 Å². The molecule has 0 radical (unpaired) electrons. The minimum Gasteiger partial charge on any atom is -0.384 e. The van der Waals surface area contributed by atoms with Crippen molar-refractivity contribution in [2.75, 3.05) is 0 Å². The van der Waals surface area contributed by atoms with E-state index in [9.17, 15) is 5.11 Å². The van der Waals surface area contributed by atoms with Crippen molar-refractivity contribution >= 4 is 0 Å². The highest BCUT2D eigenvalue weighted by atomic mass is 16.3. The van der Waals surface area contributed by atoms with Crippen LogP contribution in [0, 0.1) is 11.8 Å². The van der Waals surface area contributed by atoms with Gasteiger partial charge >= 0.3 is 0 Å². The molecule has 1 aliphatic rings. The Bertz CT molecular complexity index is 362. The molecule has 17 heavy (non-hydrogen) atoms. The summed E-state index contributed by atoms with van der Waals surface area (Å²) in [6.07, 6.45) is 5.83. The lowest BCUT2D eigenvalue weighted by Gasteiger charge is -2.39. The summed E-state index contributed by atoms with van der Waals surface area (Å²) in [5, 5.41) is 15.3. The molecule has 0 spiro atoms. The number of rotatable bonds is 3. The average Bonchev–Trinajstić information content (AvgIpc) is 2.64. The van der Waals surface area contributed by atoms with Crippen molar-refractivity contribution in [3.8, 4) is 0 Å². The quantitative estimate of drug-likeness (QED) is 0.876. The van der Waals surface area contributed by atoms with Crippen LogP contribution in [0.3, 0.4) is 0 Å². The summed E-state index contributed by atoms with van der Waals surface area (Å²) in [6.45, 7) is 7.51. The van der Waals surface area contributed by atoms with Crippen LogP contribution in [0.4, 0.5) is 0 Å². The Hall–Kier alpha value is -0.830. The summed E-state index contributed by atoms with van der Waals surface area (Å²) in [7, 11) is 0. The minimum atomic E-state index is -0.664. The van der Waals surface area contributed by atoms with Gasteiger partial charge in [-0.05, 0) is 43.6 Å². The van der Waals surface area contributed by atoms with Gasteiger partial charge in [0.15, 0.2) is 0 Å². The Morgan fingerprint density at radius 2 is 2.06 bits per heavy atom. The molecule has 0 bridgehead atoms. The van der Waals surface area contributed by atoms with Crippen molar-refractivity contribution in [3.63, 3.8) is 0 Å². The Kier molecular flexibility index (Phi) is 3.57. The SMILES string of the molecule is CCCn1nccc1C1(O)CC(C)CC(C)C1. The zero-order chi connectivity index (χ0) is 12.5. The van der Waals surface area contributed by atoms with Crippen LogP contribution in [0.15, 0.2) is 12.3 Å². The molecule has 3 nitrogen and oxygen atoms in total. The molecule has 1 aliphatic carbocycles. The summed E-state index contributed by atoms with van der Waals surface area (Å²) >= 11 is 0. The van der Waals surface area contributed by atoms with Crippen LogP contribution in [-0.2, 0) is 12.1 Å². The minimum absolute atomic E-state index is 0.591. The second kappa shape index (κ2) is 4.81. The molecule has 2 rings (SSSR count). The van der Waals surface area contributed by atoms with E-state index < -0.39 is 5.60 Å². The van der Waals surface area contributed by atoms with Crippen LogP contribution >= 0.6 is 0 Å². The number of hydrogen-bond donors (Lipinski definition) is 1. The van der Waals surface area contributed by atoms with Gasteiger partial charge in [0, 0.05) is 12.7 Å². The molecule has 1 heterocycles. The summed E-state index contributed by atoms with van der Waals surface area (Å²) in [4.78, 5) is 0. The van der Waals surface area contributed by atoms with E-state index >= 15 is 0 Å². The van der Waals surface area contributed by atoms with E-state index in [-0.39, 0.29) is 0 Å². The third kappa shape index (κ3) is 2.54. The van der Waals surface area contributed by atoms with Gasteiger partial charge in [0.05, 0.1) is 5.69 Å². The molecular weight excluding hydrogens is 212 g/mol. The summed E-state index contributed by atoms with van der Waals surface area (Å²) < 4.78 is 1.98. The molecule has 1 aromatic heterocycles. The summed E-state index contributed by atoms with van der Waals surface area (Å²) in [5.41, 5.74) is 0.348. The Labute approximate surface area is 104 Å². The average molecular weight is 236 g/mol. The number of hydrogen-bond acceptors (Lipinski definition) is 2. The zero-order valence-electron chi connectivity index (χ0n) is 11.2. The number of aliphatic hydroxyl groups is 1. The molecule has 3 heteroatoms. The van der Waals surface area contributed by atoms with E-state index in [0.29, 0.717) is 11.8 Å². The number of aromatic nitrogens is 2. The van der Waals surface area contributed by atoms with Crippen molar-refractivity contribution in [1.29, 1.82) is 0 Å². The monoisotopic (exact) mass is 236 g/mol. The van der Waals surface area contributed by atoms with Gasteiger partial charge in [0.25, 0.3) is 0 Å². The molecule has 1 saturated carbocycles. The molecule has 0 aromatic carbocycles. The topological polar surface area (TPSA) is 38.0 Å². The van der Waals surface area contributed by atoms with Crippen molar-refractivity contribution in [3.05, 3.63) is 18.0 Å². The molecule has 0 amide bonds.